The summed E-state index contributed by atoms with van der Waals surface area (Å²) in [7, 11) is 0. The third kappa shape index (κ3) is 6.68. The van der Waals surface area contributed by atoms with Crippen molar-refractivity contribution in [1.82, 2.24) is 15.1 Å². The van der Waals surface area contributed by atoms with E-state index in [1.54, 1.807) is 0 Å². The predicted molar refractivity (Wildman–Crippen MR) is 124 cm³/mol. The van der Waals surface area contributed by atoms with Gasteiger partial charge in [0.05, 0.1) is 0 Å². The van der Waals surface area contributed by atoms with Gasteiger partial charge >= 0.3 is 0 Å². The zero-order chi connectivity index (χ0) is 17.5. The topological polar surface area (TPSA) is 30.9 Å². The summed E-state index contributed by atoms with van der Waals surface area (Å²) in [5.41, 5.74) is 0. The Hall–Kier alpha value is -0.340. The summed E-state index contributed by atoms with van der Waals surface area (Å²) in [6.45, 7) is 12.6. The van der Waals surface area contributed by atoms with E-state index in [2.05, 4.69) is 46.5 Å². The first-order chi connectivity index (χ1) is 12.2. The third-order valence-corrected chi connectivity index (χ3v) is 6.22. The quantitative estimate of drug-likeness (QED) is 0.357. The zero-order valence-corrected chi connectivity index (χ0v) is 19.5. The van der Waals surface area contributed by atoms with Crippen LogP contribution in [0.3, 0.4) is 0 Å². The molecule has 0 radical (unpaired) electrons. The number of hydrogen-bond donors (Lipinski definition) is 1. The van der Waals surface area contributed by atoms with E-state index in [1.165, 1.54) is 50.3 Å². The van der Waals surface area contributed by atoms with Gasteiger partial charge in [0.15, 0.2) is 5.96 Å². The minimum Gasteiger partial charge on any atom is -0.357 e. The van der Waals surface area contributed by atoms with E-state index in [4.69, 9.17) is 4.99 Å². The Kier molecular flexibility index (Phi) is 9.70. The van der Waals surface area contributed by atoms with Crippen molar-refractivity contribution < 1.29 is 0 Å². The average molecular weight is 490 g/mol. The van der Waals surface area contributed by atoms with Gasteiger partial charge in [0.1, 0.15) is 0 Å². The maximum atomic E-state index is 4.96. The summed E-state index contributed by atoms with van der Waals surface area (Å²) >= 11 is 1.86. The van der Waals surface area contributed by atoms with Crippen molar-refractivity contribution in [2.24, 2.45) is 16.8 Å². The molecule has 3 rings (SSSR count). The Labute approximate surface area is 180 Å². The summed E-state index contributed by atoms with van der Waals surface area (Å²) in [4.78, 5) is 11.6. The molecule has 4 nitrogen and oxygen atoms in total. The second kappa shape index (κ2) is 11.5. The molecule has 3 heterocycles. The highest BCUT2D eigenvalue weighted by molar-refractivity contribution is 14.0. The van der Waals surface area contributed by atoms with Gasteiger partial charge in [-0.25, -0.2) is 0 Å². The second-order valence-corrected chi connectivity index (χ2v) is 8.72. The van der Waals surface area contributed by atoms with Crippen molar-refractivity contribution in [2.45, 2.75) is 39.5 Å². The Morgan fingerprint density at radius 1 is 1.35 bits per heavy atom. The summed E-state index contributed by atoms with van der Waals surface area (Å²) in [6.07, 6.45) is 5.23. The lowest BCUT2D eigenvalue weighted by atomic mass is 10.1. The predicted octanol–water partition coefficient (Wildman–Crippen LogP) is 3.93. The van der Waals surface area contributed by atoms with E-state index in [0.29, 0.717) is 5.92 Å². The molecule has 0 spiro atoms. The lowest BCUT2D eigenvalue weighted by Gasteiger charge is -2.23. The van der Waals surface area contributed by atoms with Crippen molar-refractivity contribution in [3.63, 3.8) is 0 Å². The smallest absolute Gasteiger partial charge is 0.193 e. The largest absolute Gasteiger partial charge is 0.357 e. The highest BCUT2D eigenvalue weighted by Crippen LogP contribution is 2.20. The van der Waals surface area contributed by atoms with E-state index in [9.17, 15) is 0 Å². The van der Waals surface area contributed by atoms with Crippen LogP contribution < -0.4 is 5.32 Å². The maximum absolute atomic E-state index is 4.96. The molecule has 1 N–H and O–H groups in total. The van der Waals surface area contributed by atoms with Crippen LogP contribution >= 0.6 is 35.3 Å². The first-order valence-corrected chi connectivity index (χ1v) is 10.9. The van der Waals surface area contributed by atoms with Gasteiger partial charge in [-0.05, 0) is 69.0 Å². The molecule has 1 aromatic heterocycles. The molecule has 2 atom stereocenters. The second-order valence-electron chi connectivity index (χ2n) is 7.69. The van der Waals surface area contributed by atoms with Crippen LogP contribution in [0.25, 0.3) is 0 Å². The first kappa shape index (κ1) is 22.0. The summed E-state index contributed by atoms with van der Waals surface area (Å²) in [5.74, 6) is 2.53. The molecule has 0 bridgehead atoms. The standard InChI is InChI=1S/C20H34N4S.HI/c1-3-21-20(22-14-17(2)13-19-7-6-12-25-19)24-11-8-18(16-24)15-23-9-4-5-10-23;/h6-7,12,17-18H,3-5,8-11,13-16H2,1-2H3,(H,21,22);1H. The molecule has 1 aromatic rings. The van der Waals surface area contributed by atoms with Crippen LogP contribution in [0.4, 0.5) is 0 Å². The average Bonchev–Trinajstić information content (AvgIpc) is 3.34. The number of guanidine groups is 1. The number of halogens is 1. The summed E-state index contributed by atoms with van der Waals surface area (Å²) in [6, 6.07) is 4.38. The van der Waals surface area contributed by atoms with Crippen LogP contribution in [0.5, 0.6) is 0 Å². The molecule has 2 aliphatic rings. The van der Waals surface area contributed by atoms with E-state index in [-0.39, 0.29) is 24.0 Å². The zero-order valence-electron chi connectivity index (χ0n) is 16.3. The summed E-state index contributed by atoms with van der Waals surface area (Å²) < 4.78 is 0. The van der Waals surface area contributed by atoms with Crippen molar-refractivity contribution in [1.29, 1.82) is 0 Å². The molecule has 2 saturated heterocycles. The fraction of sp³-hybridized carbons (Fsp3) is 0.750. The Morgan fingerprint density at radius 2 is 2.15 bits per heavy atom. The molecule has 2 aliphatic heterocycles. The van der Waals surface area contributed by atoms with Gasteiger partial charge in [0, 0.05) is 37.6 Å². The minimum absolute atomic E-state index is 0. The molecule has 0 aliphatic carbocycles. The molecule has 26 heavy (non-hydrogen) atoms. The molecule has 2 unspecified atom stereocenters. The molecular formula is C20H35IN4S. The van der Waals surface area contributed by atoms with Gasteiger partial charge in [0.2, 0.25) is 0 Å². The monoisotopic (exact) mass is 490 g/mol. The van der Waals surface area contributed by atoms with Crippen LogP contribution in [0, 0.1) is 11.8 Å². The molecule has 0 aromatic carbocycles. The van der Waals surface area contributed by atoms with Crippen LogP contribution in [0.1, 0.15) is 38.0 Å². The Morgan fingerprint density at radius 3 is 2.85 bits per heavy atom. The minimum atomic E-state index is 0. The van der Waals surface area contributed by atoms with E-state index in [1.807, 2.05) is 11.3 Å². The molecule has 148 valence electrons. The number of aliphatic imine (C=N–C) groups is 1. The van der Waals surface area contributed by atoms with Crippen molar-refractivity contribution >= 4 is 41.3 Å². The lowest BCUT2D eigenvalue weighted by Crippen LogP contribution is -2.41. The fourth-order valence-corrected chi connectivity index (χ4v) is 4.88. The van der Waals surface area contributed by atoms with Crippen LogP contribution in [0.2, 0.25) is 0 Å². The molecular weight excluding hydrogens is 455 g/mol. The highest BCUT2D eigenvalue weighted by Gasteiger charge is 2.27. The number of hydrogen-bond acceptors (Lipinski definition) is 3. The van der Waals surface area contributed by atoms with Gasteiger partial charge in [-0.15, -0.1) is 35.3 Å². The Bertz CT molecular complexity index is 528. The van der Waals surface area contributed by atoms with Crippen LogP contribution in [-0.4, -0.2) is 61.6 Å². The fourth-order valence-electron chi connectivity index (χ4n) is 4.01. The third-order valence-electron chi connectivity index (χ3n) is 5.32. The molecule has 0 amide bonds. The number of thiophene rings is 1. The maximum Gasteiger partial charge on any atom is 0.193 e. The highest BCUT2D eigenvalue weighted by atomic mass is 127. The van der Waals surface area contributed by atoms with E-state index >= 15 is 0 Å². The van der Waals surface area contributed by atoms with Gasteiger partial charge in [-0.1, -0.05) is 13.0 Å². The summed E-state index contributed by atoms with van der Waals surface area (Å²) in [5, 5.41) is 5.68. The van der Waals surface area contributed by atoms with E-state index < -0.39 is 0 Å². The van der Waals surface area contributed by atoms with Crippen molar-refractivity contribution in [3.05, 3.63) is 22.4 Å². The molecule has 2 fully saturated rings. The van der Waals surface area contributed by atoms with Gasteiger partial charge in [-0.2, -0.15) is 0 Å². The van der Waals surface area contributed by atoms with Crippen molar-refractivity contribution in [3.8, 4) is 0 Å². The van der Waals surface area contributed by atoms with Crippen LogP contribution in [0.15, 0.2) is 22.5 Å². The molecule has 0 saturated carbocycles. The normalized spacial score (nSPS) is 22.5. The van der Waals surface area contributed by atoms with Crippen LogP contribution in [-0.2, 0) is 6.42 Å². The lowest BCUT2D eigenvalue weighted by molar-refractivity contribution is 0.281. The van der Waals surface area contributed by atoms with Gasteiger partial charge < -0.3 is 15.1 Å². The number of nitrogens with one attached hydrogen (secondary N) is 1. The number of nitrogens with zero attached hydrogens (tertiary/aromatic N) is 3. The Balaban J connectivity index is 0.00000243. The van der Waals surface area contributed by atoms with E-state index in [0.717, 1.165) is 37.9 Å². The number of likely N-dealkylation sites (tertiary alicyclic amines) is 2. The number of rotatable bonds is 7. The van der Waals surface area contributed by atoms with Crippen molar-refractivity contribution in [2.75, 3.05) is 45.8 Å². The SMILES string of the molecule is CCNC(=NCC(C)Cc1cccs1)N1CCC(CN2CCCC2)C1.I. The van der Waals surface area contributed by atoms with Gasteiger partial charge in [-0.3, -0.25) is 4.99 Å². The molecule has 6 heteroatoms. The first-order valence-electron chi connectivity index (χ1n) is 10.0. The van der Waals surface area contributed by atoms with Gasteiger partial charge in [0.25, 0.3) is 0 Å².